The fraction of sp³-hybridized carbons (Fsp3) is 0.0870. The summed E-state index contributed by atoms with van der Waals surface area (Å²) in [6.07, 6.45) is 4.52. The third-order valence-corrected chi connectivity index (χ3v) is 5.41. The van der Waals surface area contributed by atoms with E-state index >= 15 is 0 Å². The van der Waals surface area contributed by atoms with Crippen molar-refractivity contribution in [1.82, 2.24) is 24.5 Å². The van der Waals surface area contributed by atoms with Gasteiger partial charge < -0.3 is 15.5 Å². The summed E-state index contributed by atoms with van der Waals surface area (Å²) in [5, 5.41) is 3.98. The molecular weight excluding hydrogens is 442 g/mol. The number of nitrogen functional groups attached to an aromatic ring is 1. The van der Waals surface area contributed by atoms with Crippen LogP contribution in [0.4, 0.5) is 11.8 Å². The number of anilines is 2. The molecule has 0 saturated carbocycles. The van der Waals surface area contributed by atoms with E-state index in [1.165, 1.54) is 18.7 Å². The maximum Gasteiger partial charge on any atom is 0.267 e. The summed E-state index contributed by atoms with van der Waals surface area (Å²) >= 11 is 6.36. The highest BCUT2D eigenvalue weighted by Gasteiger charge is 2.22. The van der Waals surface area contributed by atoms with Gasteiger partial charge in [-0.05, 0) is 31.2 Å². The van der Waals surface area contributed by atoms with Crippen molar-refractivity contribution in [2.24, 2.45) is 0 Å². The van der Waals surface area contributed by atoms with E-state index < -0.39 is 6.04 Å². The summed E-state index contributed by atoms with van der Waals surface area (Å²) in [5.74, 6) is 1.29. The average molecular weight is 460 g/mol. The van der Waals surface area contributed by atoms with Crippen LogP contribution >= 0.6 is 11.6 Å². The maximum atomic E-state index is 13.6. The van der Waals surface area contributed by atoms with E-state index in [0.717, 1.165) is 0 Å². The molecule has 1 atom stereocenters. The summed E-state index contributed by atoms with van der Waals surface area (Å²) in [6.45, 7) is 1.87. The van der Waals surface area contributed by atoms with E-state index in [-0.39, 0.29) is 11.5 Å². The highest BCUT2D eigenvalue weighted by molar-refractivity contribution is 6.35. The molecule has 3 aromatic heterocycles. The zero-order valence-corrected chi connectivity index (χ0v) is 18.2. The van der Waals surface area contributed by atoms with Gasteiger partial charge in [-0.3, -0.25) is 9.36 Å². The van der Waals surface area contributed by atoms with Gasteiger partial charge in [0.05, 0.1) is 39.4 Å². The number of aromatic nitrogens is 5. The van der Waals surface area contributed by atoms with Crippen LogP contribution in [0, 0.1) is 0 Å². The standard InChI is InChI=1S/C23H18ClN7O2/c1-13(28-19-15(12-27-23(25)30-19)21-26-10-11-33-21)20-29-17-9-5-8-16(24)18(17)22(32)31(20)14-6-3-2-4-7-14/h2-13H,1H3,(H3,25,27,28,30). The molecule has 0 radical (unpaired) electrons. The lowest BCUT2D eigenvalue weighted by atomic mass is 10.2. The fourth-order valence-corrected chi connectivity index (χ4v) is 3.86. The van der Waals surface area contributed by atoms with E-state index in [2.05, 4.69) is 20.3 Å². The highest BCUT2D eigenvalue weighted by Crippen LogP contribution is 2.29. The molecule has 0 fully saturated rings. The zero-order valence-electron chi connectivity index (χ0n) is 17.4. The zero-order chi connectivity index (χ0) is 22.9. The molecule has 0 amide bonds. The SMILES string of the molecule is CC(Nc1nc(N)ncc1-c1ncco1)c1nc2cccc(Cl)c2c(=O)n1-c1ccccc1. The van der Waals surface area contributed by atoms with Gasteiger partial charge in [0.1, 0.15) is 17.9 Å². The summed E-state index contributed by atoms with van der Waals surface area (Å²) in [6, 6.07) is 14.0. The van der Waals surface area contributed by atoms with Crippen LogP contribution in [-0.2, 0) is 0 Å². The first-order valence-electron chi connectivity index (χ1n) is 10.1. The van der Waals surface area contributed by atoms with E-state index in [0.29, 0.717) is 44.7 Å². The molecule has 0 spiro atoms. The first-order valence-corrected chi connectivity index (χ1v) is 10.5. The summed E-state index contributed by atoms with van der Waals surface area (Å²) in [7, 11) is 0. The normalized spacial score (nSPS) is 12.1. The van der Waals surface area contributed by atoms with Crippen LogP contribution in [0.1, 0.15) is 18.8 Å². The van der Waals surface area contributed by atoms with Gasteiger partial charge in [0.2, 0.25) is 11.8 Å². The van der Waals surface area contributed by atoms with Crippen molar-refractivity contribution >= 4 is 34.3 Å². The van der Waals surface area contributed by atoms with E-state index in [1.807, 2.05) is 37.3 Å². The lowest BCUT2D eigenvalue weighted by Gasteiger charge is -2.21. The van der Waals surface area contributed by atoms with Gasteiger partial charge >= 0.3 is 0 Å². The quantitative estimate of drug-likeness (QED) is 0.399. The number of fused-ring (bicyclic) bond motifs is 1. The fourth-order valence-electron chi connectivity index (χ4n) is 3.61. The van der Waals surface area contributed by atoms with Gasteiger partial charge in [-0.15, -0.1) is 0 Å². The molecule has 10 heteroatoms. The van der Waals surface area contributed by atoms with Crippen molar-refractivity contribution in [1.29, 1.82) is 0 Å². The Bertz CT molecular complexity index is 1500. The molecule has 0 aliphatic carbocycles. The van der Waals surface area contributed by atoms with Gasteiger partial charge in [-0.25, -0.2) is 15.0 Å². The molecule has 1 unspecified atom stereocenters. The average Bonchev–Trinajstić information content (AvgIpc) is 3.34. The maximum absolute atomic E-state index is 13.6. The second kappa shape index (κ2) is 8.36. The van der Waals surface area contributed by atoms with Crippen LogP contribution in [0.5, 0.6) is 0 Å². The van der Waals surface area contributed by atoms with Gasteiger partial charge in [0, 0.05) is 6.20 Å². The second-order valence-corrected chi connectivity index (χ2v) is 7.68. The number of oxazole rings is 1. The van der Waals surface area contributed by atoms with Crippen LogP contribution in [0.2, 0.25) is 5.02 Å². The third kappa shape index (κ3) is 3.79. The molecule has 164 valence electrons. The molecule has 5 aromatic rings. The van der Waals surface area contributed by atoms with E-state index in [4.69, 9.17) is 26.7 Å². The van der Waals surface area contributed by atoms with Gasteiger partial charge in [-0.2, -0.15) is 4.98 Å². The molecule has 3 heterocycles. The molecule has 0 aliphatic heterocycles. The third-order valence-electron chi connectivity index (χ3n) is 5.10. The molecule has 3 N–H and O–H groups in total. The molecule has 0 bridgehead atoms. The van der Waals surface area contributed by atoms with Crippen molar-refractivity contribution in [3.63, 3.8) is 0 Å². The first kappa shape index (κ1) is 20.7. The van der Waals surface area contributed by atoms with E-state index in [1.54, 1.807) is 22.8 Å². The first-order chi connectivity index (χ1) is 16.0. The Morgan fingerprint density at radius 1 is 1.09 bits per heavy atom. The van der Waals surface area contributed by atoms with Crippen molar-refractivity contribution in [3.8, 4) is 17.1 Å². The Balaban J connectivity index is 1.68. The van der Waals surface area contributed by atoms with Crippen LogP contribution < -0.4 is 16.6 Å². The number of nitrogens with zero attached hydrogens (tertiary/aromatic N) is 5. The van der Waals surface area contributed by atoms with Crippen molar-refractivity contribution in [3.05, 3.63) is 88.4 Å². The number of hydrogen-bond acceptors (Lipinski definition) is 8. The summed E-state index contributed by atoms with van der Waals surface area (Å²) in [4.78, 5) is 30.9. The Morgan fingerprint density at radius 3 is 2.67 bits per heavy atom. The summed E-state index contributed by atoms with van der Waals surface area (Å²) in [5.41, 5.74) is 7.25. The minimum atomic E-state index is -0.468. The lowest BCUT2D eigenvalue weighted by molar-refractivity contribution is 0.574. The predicted octanol–water partition coefficient (Wildman–Crippen LogP) is 4.24. The molecule has 0 saturated heterocycles. The predicted molar refractivity (Wildman–Crippen MR) is 126 cm³/mol. The lowest BCUT2D eigenvalue weighted by Crippen LogP contribution is -2.27. The van der Waals surface area contributed by atoms with Gasteiger partial charge in [0.15, 0.2) is 0 Å². The van der Waals surface area contributed by atoms with Crippen LogP contribution in [0.15, 0.2) is 76.4 Å². The topological polar surface area (TPSA) is 125 Å². The number of nitrogens with one attached hydrogen (secondary N) is 1. The van der Waals surface area contributed by atoms with E-state index in [9.17, 15) is 4.79 Å². The van der Waals surface area contributed by atoms with Crippen LogP contribution in [-0.4, -0.2) is 24.5 Å². The monoisotopic (exact) mass is 459 g/mol. The molecule has 2 aromatic carbocycles. The molecule has 5 rings (SSSR count). The van der Waals surface area contributed by atoms with Crippen molar-refractivity contribution in [2.75, 3.05) is 11.1 Å². The molecule has 9 nitrogen and oxygen atoms in total. The minimum absolute atomic E-state index is 0.0821. The highest BCUT2D eigenvalue weighted by atomic mass is 35.5. The summed E-state index contributed by atoms with van der Waals surface area (Å²) < 4.78 is 6.96. The minimum Gasteiger partial charge on any atom is -0.444 e. The van der Waals surface area contributed by atoms with Crippen LogP contribution in [0.25, 0.3) is 28.0 Å². The Morgan fingerprint density at radius 2 is 1.91 bits per heavy atom. The van der Waals surface area contributed by atoms with Gasteiger partial charge in [-0.1, -0.05) is 35.9 Å². The Labute approximate surface area is 192 Å². The van der Waals surface area contributed by atoms with Crippen LogP contribution in [0.3, 0.4) is 0 Å². The second-order valence-electron chi connectivity index (χ2n) is 7.27. The Hall–Kier alpha value is -4.24. The number of para-hydroxylation sites is 1. The number of halogens is 1. The number of nitrogens with two attached hydrogens (primary N) is 1. The number of benzene rings is 2. The largest absolute Gasteiger partial charge is 0.444 e. The van der Waals surface area contributed by atoms with Gasteiger partial charge in [0.25, 0.3) is 5.56 Å². The van der Waals surface area contributed by atoms with Crippen molar-refractivity contribution in [2.45, 2.75) is 13.0 Å². The number of hydrogen-bond donors (Lipinski definition) is 2. The number of rotatable bonds is 5. The molecule has 0 aliphatic rings. The molecular formula is C23H18ClN7O2. The molecule has 33 heavy (non-hydrogen) atoms. The Kier molecular flexibility index (Phi) is 5.23. The van der Waals surface area contributed by atoms with Crippen molar-refractivity contribution < 1.29 is 4.42 Å². The smallest absolute Gasteiger partial charge is 0.267 e.